The number of carbonyl (C=O) groups excluding carboxylic acids is 1. The number of carbonyl (C=O) groups is 1. The van der Waals surface area contributed by atoms with Crippen LogP contribution in [0.25, 0.3) is 0 Å². The first-order valence-corrected chi connectivity index (χ1v) is 6.95. The van der Waals surface area contributed by atoms with Crippen molar-refractivity contribution in [3.8, 4) is 0 Å². The zero-order valence-electron chi connectivity index (χ0n) is 13.0. The molecule has 1 aromatic carbocycles. The van der Waals surface area contributed by atoms with Crippen molar-refractivity contribution < 1.29 is 9.53 Å². The first-order valence-electron chi connectivity index (χ1n) is 6.95. The van der Waals surface area contributed by atoms with Crippen LogP contribution in [0.2, 0.25) is 0 Å². The Balaban J connectivity index is 2.66. The van der Waals surface area contributed by atoms with Crippen LogP contribution in [0, 0.1) is 0 Å². The summed E-state index contributed by atoms with van der Waals surface area (Å²) in [7, 11) is 1.41. The molecule has 0 aliphatic carbocycles. The van der Waals surface area contributed by atoms with Gasteiger partial charge in [0.25, 0.3) is 0 Å². The molecule has 1 aliphatic rings. The molecule has 1 atom stereocenters. The fraction of sp³-hybridized carbons (Fsp3) is 0.278. The molecule has 1 N–H and O–H groups in total. The maximum atomic E-state index is 12.3. The first kappa shape index (κ1) is 15.1. The molecular formula is C18H21NO2. The minimum Gasteiger partial charge on any atom is -0.466 e. The predicted molar refractivity (Wildman–Crippen MR) is 84.5 cm³/mol. The SMILES string of the molecule is C=C(C)C1=C(C)NC(C)=C(C(=O)OC)C1c1ccccc1. The van der Waals surface area contributed by atoms with Crippen molar-refractivity contribution in [1.82, 2.24) is 5.32 Å². The Kier molecular flexibility index (Phi) is 4.32. The van der Waals surface area contributed by atoms with Crippen LogP contribution in [0.1, 0.15) is 32.3 Å². The summed E-state index contributed by atoms with van der Waals surface area (Å²) in [5, 5.41) is 3.27. The van der Waals surface area contributed by atoms with Gasteiger partial charge in [0.15, 0.2) is 0 Å². The Bertz CT molecular complexity index is 638. The molecule has 0 radical (unpaired) electrons. The standard InChI is InChI=1S/C18H21NO2/c1-11(2)15-12(3)19-13(4)16(18(20)21-5)17(15)14-9-7-6-8-10-14/h6-10,17,19H,1H2,2-5H3. The van der Waals surface area contributed by atoms with E-state index in [0.717, 1.165) is 28.1 Å². The quantitative estimate of drug-likeness (QED) is 0.860. The average molecular weight is 283 g/mol. The summed E-state index contributed by atoms with van der Waals surface area (Å²) < 4.78 is 4.99. The lowest BCUT2D eigenvalue weighted by molar-refractivity contribution is -0.136. The van der Waals surface area contributed by atoms with E-state index in [2.05, 4.69) is 11.9 Å². The second kappa shape index (κ2) is 6.00. The van der Waals surface area contributed by atoms with Gasteiger partial charge in [-0.05, 0) is 31.9 Å². The largest absolute Gasteiger partial charge is 0.466 e. The minimum atomic E-state index is -0.305. The predicted octanol–water partition coefficient (Wildman–Crippen LogP) is 3.67. The fourth-order valence-electron chi connectivity index (χ4n) is 2.92. The number of hydrogen-bond acceptors (Lipinski definition) is 3. The van der Waals surface area contributed by atoms with E-state index in [-0.39, 0.29) is 11.9 Å². The Hall–Kier alpha value is -2.29. The van der Waals surface area contributed by atoms with Crippen molar-refractivity contribution in [1.29, 1.82) is 0 Å². The molecule has 3 heteroatoms. The summed E-state index contributed by atoms with van der Waals surface area (Å²) in [6, 6.07) is 9.99. The highest BCUT2D eigenvalue weighted by atomic mass is 16.5. The third-order valence-electron chi connectivity index (χ3n) is 3.76. The van der Waals surface area contributed by atoms with Crippen LogP contribution in [0.5, 0.6) is 0 Å². The van der Waals surface area contributed by atoms with Crippen molar-refractivity contribution in [2.24, 2.45) is 0 Å². The number of benzene rings is 1. The molecule has 0 saturated carbocycles. The van der Waals surface area contributed by atoms with E-state index in [0.29, 0.717) is 5.57 Å². The molecule has 0 aromatic heterocycles. The van der Waals surface area contributed by atoms with E-state index < -0.39 is 0 Å². The van der Waals surface area contributed by atoms with Gasteiger partial charge < -0.3 is 10.1 Å². The van der Waals surface area contributed by atoms with Crippen LogP contribution < -0.4 is 5.32 Å². The number of allylic oxidation sites excluding steroid dienone is 4. The molecule has 1 unspecified atom stereocenters. The van der Waals surface area contributed by atoms with Crippen molar-refractivity contribution in [2.75, 3.05) is 7.11 Å². The lowest BCUT2D eigenvalue weighted by Gasteiger charge is -2.31. The molecule has 3 nitrogen and oxygen atoms in total. The number of dihydropyridines is 1. The maximum absolute atomic E-state index is 12.3. The number of nitrogens with one attached hydrogen (secondary N) is 1. The minimum absolute atomic E-state index is 0.141. The number of methoxy groups -OCH3 is 1. The van der Waals surface area contributed by atoms with Gasteiger partial charge in [-0.25, -0.2) is 4.79 Å². The van der Waals surface area contributed by atoms with Gasteiger partial charge in [0, 0.05) is 17.3 Å². The van der Waals surface area contributed by atoms with E-state index >= 15 is 0 Å². The Morgan fingerprint density at radius 2 is 1.71 bits per heavy atom. The molecule has 110 valence electrons. The lowest BCUT2D eigenvalue weighted by Crippen LogP contribution is -2.29. The van der Waals surface area contributed by atoms with Gasteiger partial charge >= 0.3 is 5.97 Å². The van der Waals surface area contributed by atoms with Crippen LogP contribution in [0.4, 0.5) is 0 Å². The summed E-state index contributed by atoms with van der Waals surface area (Å²) >= 11 is 0. The number of esters is 1. The normalized spacial score (nSPS) is 18.4. The van der Waals surface area contributed by atoms with Crippen LogP contribution in [-0.4, -0.2) is 13.1 Å². The molecule has 1 aromatic rings. The third-order valence-corrected chi connectivity index (χ3v) is 3.76. The molecule has 1 heterocycles. The van der Waals surface area contributed by atoms with E-state index in [1.807, 2.05) is 51.1 Å². The topological polar surface area (TPSA) is 38.3 Å². The maximum Gasteiger partial charge on any atom is 0.336 e. The highest BCUT2D eigenvalue weighted by Gasteiger charge is 2.33. The second-order valence-electron chi connectivity index (χ2n) is 5.32. The molecule has 21 heavy (non-hydrogen) atoms. The summed E-state index contributed by atoms with van der Waals surface area (Å²) in [5.74, 6) is -0.447. The average Bonchev–Trinajstić information content (AvgIpc) is 2.46. The Morgan fingerprint density at radius 1 is 1.14 bits per heavy atom. The lowest BCUT2D eigenvalue weighted by atomic mass is 9.78. The fourth-order valence-corrected chi connectivity index (χ4v) is 2.92. The zero-order chi connectivity index (χ0) is 15.6. The smallest absolute Gasteiger partial charge is 0.336 e. The van der Waals surface area contributed by atoms with Crippen molar-refractivity contribution >= 4 is 5.97 Å². The molecule has 0 spiro atoms. The van der Waals surface area contributed by atoms with Crippen LogP contribution in [-0.2, 0) is 9.53 Å². The van der Waals surface area contributed by atoms with Gasteiger partial charge in [-0.2, -0.15) is 0 Å². The van der Waals surface area contributed by atoms with Crippen LogP contribution in [0.3, 0.4) is 0 Å². The number of hydrogen-bond donors (Lipinski definition) is 1. The second-order valence-corrected chi connectivity index (χ2v) is 5.32. The highest BCUT2D eigenvalue weighted by Crippen LogP contribution is 2.41. The van der Waals surface area contributed by atoms with Gasteiger partial charge in [0.1, 0.15) is 0 Å². The van der Waals surface area contributed by atoms with Crippen LogP contribution >= 0.6 is 0 Å². The summed E-state index contributed by atoms with van der Waals surface area (Å²) in [4.78, 5) is 12.3. The number of ether oxygens (including phenoxy) is 1. The van der Waals surface area contributed by atoms with Gasteiger partial charge in [0.2, 0.25) is 0 Å². The highest BCUT2D eigenvalue weighted by molar-refractivity contribution is 5.93. The van der Waals surface area contributed by atoms with E-state index in [4.69, 9.17) is 4.74 Å². The monoisotopic (exact) mass is 283 g/mol. The summed E-state index contributed by atoms with van der Waals surface area (Å²) in [6.45, 7) is 9.96. The van der Waals surface area contributed by atoms with Crippen molar-refractivity contribution in [3.63, 3.8) is 0 Å². The van der Waals surface area contributed by atoms with Crippen LogP contribution in [0.15, 0.2) is 65.0 Å². The Morgan fingerprint density at radius 3 is 2.24 bits per heavy atom. The number of rotatable bonds is 3. The molecule has 2 rings (SSSR count). The van der Waals surface area contributed by atoms with Gasteiger partial charge in [0.05, 0.1) is 12.7 Å². The molecule has 0 amide bonds. The Labute approximate surface area is 126 Å². The first-order chi connectivity index (χ1) is 9.97. The van der Waals surface area contributed by atoms with Gasteiger partial charge in [-0.1, -0.05) is 42.5 Å². The zero-order valence-corrected chi connectivity index (χ0v) is 13.0. The molecule has 1 aliphatic heterocycles. The van der Waals surface area contributed by atoms with Crippen molar-refractivity contribution in [3.05, 3.63) is 70.6 Å². The van der Waals surface area contributed by atoms with Crippen molar-refractivity contribution in [2.45, 2.75) is 26.7 Å². The molecule has 0 fully saturated rings. The molecule has 0 saturated heterocycles. The van der Waals surface area contributed by atoms with Gasteiger partial charge in [-0.3, -0.25) is 0 Å². The van der Waals surface area contributed by atoms with E-state index in [9.17, 15) is 4.79 Å². The molecular weight excluding hydrogens is 262 g/mol. The summed E-state index contributed by atoms with van der Waals surface area (Å²) in [5.41, 5.74) is 5.57. The van der Waals surface area contributed by atoms with E-state index in [1.54, 1.807) is 0 Å². The summed E-state index contributed by atoms with van der Waals surface area (Å²) in [6.07, 6.45) is 0. The van der Waals surface area contributed by atoms with E-state index in [1.165, 1.54) is 7.11 Å². The third kappa shape index (κ3) is 2.77. The van der Waals surface area contributed by atoms with Gasteiger partial charge in [-0.15, -0.1) is 0 Å². The molecule has 0 bridgehead atoms.